The summed E-state index contributed by atoms with van der Waals surface area (Å²) in [5.41, 5.74) is 2.22. The number of carbonyl (C=O) groups excluding carboxylic acids is 1. The maximum Gasteiger partial charge on any atom is 0.261 e. The Balaban J connectivity index is 2.55. The zero-order valence-electron chi connectivity index (χ0n) is 11.7. The topological polar surface area (TPSA) is 51.5 Å². The molecule has 2 rings (SSSR count). The Morgan fingerprint density at radius 1 is 1.47 bits per heavy atom. The molecule has 0 saturated heterocycles. The zero-order valence-corrected chi connectivity index (χ0v) is 11.7. The van der Waals surface area contributed by atoms with Crippen molar-refractivity contribution >= 4 is 5.78 Å². The number of carbonyl (C=O) groups is 1. The van der Waals surface area contributed by atoms with Crippen LogP contribution >= 0.6 is 0 Å². The highest BCUT2D eigenvalue weighted by Crippen LogP contribution is 2.18. The zero-order chi connectivity index (χ0) is 14.0. The van der Waals surface area contributed by atoms with Gasteiger partial charge in [0, 0.05) is 38.9 Å². The molecule has 0 fully saturated rings. The number of ketones is 1. The van der Waals surface area contributed by atoms with Crippen LogP contribution in [0.25, 0.3) is 0 Å². The molecule has 0 unspecified atom stereocenters. The molecule has 0 spiro atoms. The predicted octanol–water partition coefficient (Wildman–Crippen LogP) is 0.685. The Morgan fingerprint density at radius 2 is 2.21 bits per heavy atom. The van der Waals surface area contributed by atoms with E-state index in [-0.39, 0.29) is 16.9 Å². The fourth-order valence-corrected chi connectivity index (χ4v) is 2.53. The Labute approximate surface area is 112 Å². The lowest BCUT2D eigenvalue weighted by Crippen LogP contribution is -2.36. The third-order valence-corrected chi connectivity index (χ3v) is 3.56. The quantitative estimate of drug-likeness (QED) is 0.751. The van der Waals surface area contributed by atoms with Crippen LogP contribution in [0.5, 0.6) is 0 Å². The van der Waals surface area contributed by atoms with Gasteiger partial charge in [-0.3, -0.25) is 9.59 Å². The third-order valence-electron chi connectivity index (χ3n) is 3.56. The number of hydrogen-bond donors (Lipinski definition) is 0. The van der Waals surface area contributed by atoms with Gasteiger partial charge in [-0.25, -0.2) is 0 Å². The first kappa shape index (κ1) is 14.0. The van der Waals surface area contributed by atoms with Crippen LogP contribution in [0, 0.1) is 0 Å². The van der Waals surface area contributed by atoms with Crippen LogP contribution in [0.15, 0.2) is 10.9 Å². The van der Waals surface area contributed by atoms with Crippen molar-refractivity contribution < 1.29 is 9.53 Å². The smallest absolute Gasteiger partial charge is 0.261 e. The second kappa shape index (κ2) is 5.67. The van der Waals surface area contributed by atoms with Crippen molar-refractivity contribution in [2.45, 2.75) is 26.4 Å². The number of fused-ring (bicyclic) bond motifs is 1. The number of methoxy groups -OCH3 is 1. The summed E-state index contributed by atoms with van der Waals surface area (Å²) in [6.45, 7) is 4.13. The lowest BCUT2D eigenvalue weighted by atomic mass is 10.0. The predicted molar refractivity (Wildman–Crippen MR) is 72.6 cm³/mol. The van der Waals surface area contributed by atoms with E-state index in [1.807, 2.05) is 7.05 Å². The van der Waals surface area contributed by atoms with Gasteiger partial charge in [-0.15, -0.1) is 0 Å². The molecule has 1 aliphatic heterocycles. The molecule has 0 bridgehead atoms. The Bertz CT molecular complexity index is 548. The average Bonchev–Trinajstić information content (AvgIpc) is 2.37. The Kier molecular flexibility index (Phi) is 4.17. The second-order valence-electron chi connectivity index (χ2n) is 5.02. The van der Waals surface area contributed by atoms with Gasteiger partial charge in [0.25, 0.3) is 5.56 Å². The first-order chi connectivity index (χ1) is 9.04. The molecule has 2 heterocycles. The number of nitrogens with zero attached hydrogens (tertiary/aromatic N) is 2. The van der Waals surface area contributed by atoms with Gasteiger partial charge in [0.15, 0.2) is 5.78 Å². The van der Waals surface area contributed by atoms with E-state index in [1.165, 1.54) is 6.92 Å². The summed E-state index contributed by atoms with van der Waals surface area (Å²) in [7, 11) is 3.65. The Hall–Kier alpha value is -1.46. The summed E-state index contributed by atoms with van der Waals surface area (Å²) in [4.78, 5) is 26.1. The van der Waals surface area contributed by atoms with Gasteiger partial charge in [0.2, 0.25) is 0 Å². The maximum atomic E-state index is 12.3. The van der Waals surface area contributed by atoms with Gasteiger partial charge < -0.3 is 14.2 Å². The molecular formula is C14H20N2O3. The summed E-state index contributed by atoms with van der Waals surface area (Å²) in [6.07, 6.45) is 0.836. The molecule has 104 valence electrons. The van der Waals surface area contributed by atoms with Gasteiger partial charge in [0.05, 0.1) is 12.2 Å². The normalized spacial score (nSPS) is 15.3. The number of rotatable bonds is 4. The minimum atomic E-state index is -0.187. The molecule has 0 N–H and O–H groups in total. The summed E-state index contributed by atoms with van der Waals surface area (Å²) in [5, 5.41) is 0. The van der Waals surface area contributed by atoms with Crippen molar-refractivity contribution in [3.05, 3.63) is 33.2 Å². The van der Waals surface area contributed by atoms with Crippen molar-refractivity contribution in [1.82, 2.24) is 9.47 Å². The molecular weight excluding hydrogens is 244 g/mol. The third kappa shape index (κ3) is 2.77. The van der Waals surface area contributed by atoms with Crippen molar-refractivity contribution in [2.24, 2.45) is 0 Å². The first-order valence-electron chi connectivity index (χ1n) is 6.48. The van der Waals surface area contributed by atoms with Crippen LogP contribution in [0.4, 0.5) is 0 Å². The largest absolute Gasteiger partial charge is 0.383 e. The number of hydrogen-bond acceptors (Lipinski definition) is 4. The minimum absolute atomic E-state index is 0.174. The van der Waals surface area contributed by atoms with E-state index in [0.717, 1.165) is 30.8 Å². The molecule has 0 aliphatic carbocycles. The highest BCUT2D eigenvalue weighted by molar-refractivity contribution is 5.93. The van der Waals surface area contributed by atoms with Crippen molar-refractivity contribution in [3.63, 3.8) is 0 Å². The van der Waals surface area contributed by atoms with E-state index in [9.17, 15) is 9.59 Å². The molecule has 5 nitrogen and oxygen atoms in total. The SMILES string of the molecule is COCCn1c2c(cc(C(C)=O)c1=O)CN(C)CC2. The molecule has 0 amide bonds. The van der Waals surface area contributed by atoms with Gasteiger partial charge in [-0.05, 0) is 25.6 Å². The Morgan fingerprint density at radius 3 is 2.84 bits per heavy atom. The number of pyridine rings is 1. The fourth-order valence-electron chi connectivity index (χ4n) is 2.53. The van der Waals surface area contributed by atoms with Gasteiger partial charge in [-0.1, -0.05) is 0 Å². The lowest BCUT2D eigenvalue weighted by molar-refractivity contribution is 0.101. The molecule has 0 radical (unpaired) electrons. The van der Waals surface area contributed by atoms with Crippen molar-refractivity contribution in [1.29, 1.82) is 0 Å². The van der Waals surface area contributed by atoms with E-state index < -0.39 is 0 Å². The number of ether oxygens (including phenoxy) is 1. The summed E-state index contributed by atoms with van der Waals surface area (Å²) in [5.74, 6) is -0.174. The number of aromatic nitrogens is 1. The molecule has 1 aromatic heterocycles. The van der Waals surface area contributed by atoms with Crippen LogP contribution in [-0.2, 0) is 24.2 Å². The van der Waals surface area contributed by atoms with E-state index in [1.54, 1.807) is 17.7 Å². The van der Waals surface area contributed by atoms with Gasteiger partial charge in [0.1, 0.15) is 0 Å². The van der Waals surface area contributed by atoms with Crippen molar-refractivity contribution in [3.8, 4) is 0 Å². The monoisotopic (exact) mass is 264 g/mol. The molecule has 0 aromatic carbocycles. The van der Waals surface area contributed by atoms with E-state index in [4.69, 9.17) is 4.74 Å². The van der Waals surface area contributed by atoms with Crippen LogP contribution in [-0.4, -0.2) is 42.6 Å². The van der Waals surface area contributed by atoms with Crippen molar-refractivity contribution in [2.75, 3.05) is 27.3 Å². The van der Waals surface area contributed by atoms with Gasteiger partial charge in [-0.2, -0.15) is 0 Å². The lowest BCUT2D eigenvalue weighted by Gasteiger charge is -2.28. The average molecular weight is 264 g/mol. The highest BCUT2D eigenvalue weighted by Gasteiger charge is 2.21. The van der Waals surface area contributed by atoms with Crippen LogP contribution in [0.1, 0.15) is 28.5 Å². The molecule has 0 atom stereocenters. The molecule has 0 saturated carbocycles. The standard InChI is InChI=1S/C14H20N2O3/c1-10(17)12-8-11-9-15(2)5-4-13(11)16(14(12)18)6-7-19-3/h8H,4-7,9H2,1-3H3. The maximum absolute atomic E-state index is 12.3. The molecule has 1 aromatic rings. The summed E-state index contributed by atoms with van der Waals surface area (Å²) >= 11 is 0. The fraction of sp³-hybridized carbons (Fsp3) is 0.571. The molecule has 5 heteroatoms. The summed E-state index contributed by atoms with van der Waals surface area (Å²) in [6, 6.07) is 1.76. The number of likely N-dealkylation sites (N-methyl/N-ethyl adjacent to an activating group) is 1. The van der Waals surface area contributed by atoms with E-state index in [0.29, 0.717) is 13.2 Å². The number of Topliss-reactive ketones (excluding diaryl/α,β-unsaturated/α-hetero) is 1. The summed E-state index contributed by atoms with van der Waals surface area (Å²) < 4.78 is 6.77. The van der Waals surface area contributed by atoms with Crippen LogP contribution < -0.4 is 5.56 Å². The minimum Gasteiger partial charge on any atom is -0.383 e. The van der Waals surface area contributed by atoms with Crippen LogP contribution in [0.2, 0.25) is 0 Å². The van der Waals surface area contributed by atoms with E-state index in [2.05, 4.69) is 4.90 Å². The first-order valence-corrected chi connectivity index (χ1v) is 6.48. The highest BCUT2D eigenvalue weighted by atomic mass is 16.5. The van der Waals surface area contributed by atoms with E-state index >= 15 is 0 Å². The molecule has 1 aliphatic rings. The van der Waals surface area contributed by atoms with Crippen LogP contribution in [0.3, 0.4) is 0 Å². The molecule has 19 heavy (non-hydrogen) atoms. The van der Waals surface area contributed by atoms with Gasteiger partial charge >= 0.3 is 0 Å². The second-order valence-corrected chi connectivity index (χ2v) is 5.02.